The molecule has 1 saturated carbocycles. The second-order valence-corrected chi connectivity index (χ2v) is 6.72. The van der Waals surface area contributed by atoms with Crippen LogP contribution in [0.25, 0.3) is 0 Å². The zero-order valence-electron chi connectivity index (χ0n) is 14.3. The quantitative estimate of drug-likeness (QED) is 0.706. The Morgan fingerprint density at radius 1 is 1.10 bits per heavy atom. The zero-order chi connectivity index (χ0) is 15.5. The number of hydrogen-bond donors (Lipinski definition) is 2. The molecule has 4 heteroatoms. The molecule has 1 rings (SSSR count). The average Bonchev–Trinajstić information content (AvgIpc) is 2.41. The molecule has 0 aromatic heterocycles. The second-order valence-electron chi connectivity index (χ2n) is 6.72. The summed E-state index contributed by atoms with van der Waals surface area (Å²) in [5.41, 5.74) is 0. The first-order valence-corrected chi connectivity index (χ1v) is 8.84. The number of nitrogens with zero attached hydrogens (tertiary/aromatic N) is 1. The fourth-order valence-corrected chi connectivity index (χ4v) is 2.78. The van der Waals surface area contributed by atoms with Crippen molar-refractivity contribution < 1.29 is 4.79 Å². The predicted octanol–water partition coefficient (Wildman–Crippen LogP) is 3.52. The number of carbonyl (C=O) groups excluding carboxylic acids is 1. The Morgan fingerprint density at radius 3 is 2.33 bits per heavy atom. The van der Waals surface area contributed by atoms with E-state index >= 15 is 0 Å². The minimum atomic E-state index is 0.0257. The molecule has 2 amide bonds. The Kier molecular flexibility index (Phi) is 9.48. The molecule has 0 bridgehead atoms. The molecule has 2 N–H and O–H groups in total. The lowest BCUT2D eigenvalue weighted by molar-refractivity contribution is 0.232. The van der Waals surface area contributed by atoms with Gasteiger partial charge in [-0.1, -0.05) is 32.1 Å². The van der Waals surface area contributed by atoms with Crippen LogP contribution >= 0.6 is 0 Å². The summed E-state index contributed by atoms with van der Waals surface area (Å²) in [7, 11) is 2.15. The van der Waals surface area contributed by atoms with Crippen LogP contribution < -0.4 is 10.6 Å². The van der Waals surface area contributed by atoms with Crippen LogP contribution in [0.4, 0.5) is 4.79 Å². The fraction of sp³-hybridized carbons (Fsp3) is 0.941. The standard InChI is InChI=1S/C17H35N3O/c1-15(2)20(3)14-10-9-13-18-17(21)19-16-11-7-5-4-6-8-12-16/h15-16H,4-14H2,1-3H3,(H2,18,19,21). The van der Waals surface area contributed by atoms with Gasteiger partial charge in [-0.15, -0.1) is 0 Å². The van der Waals surface area contributed by atoms with Crippen molar-refractivity contribution in [2.24, 2.45) is 0 Å². The van der Waals surface area contributed by atoms with Gasteiger partial charge < -0.3 is 15.5 Å². The van der Waals surface area contributed by atoms with Crippen LogP contribution in [0.3, 0.4) is 0 Å². The number of nitrogens with one attached hydrogen (secondary N) is 2. The highest BCUT2D eigenvalue weighted by atomic mass is 16.2. The monoisotopic (exact) mass is 297 g/mol. The van der Waals surface area contributed by atoms with Gasteiger partial charge in [0.25, 0.3) is 0 Å². The van der Waals surface area contributed by atoms with E-state index in [4.69, 9.17) is 0 Å². The number of carbonyl (C=O) groups is 1. The molecule has 0 atom stereocenters. The number of rotatable bonds is 7. The smallest absolute Gasteiger partial charge is 0.315 e. The van der Waals surface area contributed by atoms with E-state index < -0.39 is 0 Å². The molecule has 1 aliphatic rings. The Hall–Kier alpha value is -0.770. The van der Waals surface area contributed by atoms with Gasteiger partial charge in [-0.2, -0.15) is 0 Å². The van der Waals surface area contributed by atoms with Crippen molar-refractivity contribution in [3.8, 4) is 0 Å². The number of hydrogen-bond acceptors (Lipinski definition) is 2. The molecule has 0 aliphatic heterocycles. The van der Waals surface area contributed by atoms with Crippen LogP contribution in [0, 0.1) is 0 Å². The van der Waals surface area contributed by atoms with E-state index in [9.17, 15) is 4.79 Å². The predicted molar refractivity (Wildman–Crippen MR) is 89.6 cm³/mol. The molecule has 1 aliphatic carbocycles. The zero-order valence-corrected chi connectivity index (χ0v) is 14.3. The van der Waals surface area contributed by atoms with Gasteiger partial charge in [0.05, 0.1) is 0 Å². The molecule has 0 aromatic rings. The van der Waals surface area contributed by atoms with Gasteiger partial charge in [0.2, 0.25) is 0 Å². The summed E-state index contributed by atoms with van der Waals surface area (Å²) >= 11 is 0. The first kappa shape index (κ1) is 18.3. The molecule has 124 valence electrons. The summed E-state index contributed by atoms with van der Waals surface area (Å²) in [5.74, 6) is 0. The van der Waals surface area contributed by atoms with Crippen LogP contribution in [0.15, 0.2) is 0 Å². The fourth-order valence-electron chi connectivity index (χ4n) is 2.78. The van der Waals surface area contributed by atoms with Crippen LogP contribution in [-0.4, -0.2) is 43.2 Å². The van der Waals surface area contributed by atoms with Gasteiger partial charge in [0.15, 0.2) is 0 Å². The maximum Gasteiger partial charge on any atom is 0.315 e. The van der Waals surface area contributed by atoms with Crippen molar-refractivity contribution in [1.29, 1.82) is 0 Å². The summed E-state index contributed by atoms with van der Waals surface area (Å²) in [4.78, 5) is 14.2. The molecule has 0 heterocycles. The maximum absolute atomic E-state index is 11.9. The topological polar surface area (TPSA) is 44.4 Å². The van der Waals surface area contributed by atoms with Crippen molar-refractivity contribution in [2.45, 2.75) is 83.7 Å². The Morgan fingerprint density at radius 2 is 1.71 bits per heavy atom. The molecule has 1 fully saturated rings. The molecule has 0 aromatic carbocycles. The molecular weight excluding hydrogens is 262 g/mol. The lowest BCUT2D eigenvalue weighted by Gasteiger charge is -2.22. The van der Waals surface area contributed by atoms with Crippen molar-refractivity contribution >= 4 is 6.03 Å². The Labute approximate surface area is 131 Å². The summed E-state index contributed by atoms with van der Waals surface area (Å²) in [6, 6.07) is 1.01. The summed E-state index contributed by atoms with van der Waals surface area (Å²) in [6.07, 6.45) is 11.0. The molecule has 4 nitrogen and oxygen atoms in total. The lowest BCUT2D eigenvalue weighted by Crippen LogP contribution is -2.42. The van der Waals surface area contributed by atoms with Gasteiger partial charge in [-0.3, -0.25) is 0 Å². The maximum atomic E-state index is 11.9. The van der Waals surface area contributed by atoms with Gasteiger partial charge in [-0.25, -0.2) is 4.79 Å². The van der Waals surface area contributed by atoms with E-state index in [1.807, 2.05) is 0 Å². The van der Waals surface area contributed by atoms with Crippen molar-refractivity contribution in [2.75, 3.05) is 20.1 Å². The second kappa shape index (κ2) is 10.9. The van der Waals surface area contributed by atoms with E-state index in [2.05, 4.69) is 36.4 Å². The molecule has 0 spiro atoms. The number of amides is 2. The largest absolute Gasteiger partial charge is 0.338 e. The molecule has 21 heavy (non-hydrogen) atoms. The summed E-state index contributed by atoms with van der Waals surface area (Å²) < 4.78 is 0. The molecule has 0 radical (unpaired) electrons. The first-order valence-electron chi connectivity index (χ1n) is 8.84. The Bertz CT molecular complexity index is 273. The van der Waals surface area contributed by atoms with Crippen molar-refractivity contribution in [3.63, 3.8) is 0 Å². The van der Waals surface area contributed by atoms with Crippen LogP contribution in [0.1, 0.15) is 71.6 Å². The molecular formula is C17H35N3O. The molecule has 0 saturated heterocycles. The molecule has 0 unspecified atom stereocenters. The summed E-state index contributed by atoms with van der Waals surface area (Å²) in [6.45, 7) is 6.30. The van der Waals surface area contributed by atoms with E-state index in [-0.39, 0.29) is 6.03 Å². The van der Waals surface area contributed by atoms with Crippen molar-refractivity contribution in [1.82, 2.24) is 15.5 Å². The van der Waals surface area contributed by atoms with Crippen LogP contribution in [0.2, 0.25) is 0 Å². The average molecular weight is 297 g/mol. The first-order chi connectivity index (χ1) is 10.1. The van der Waals surface area contributed by atoms with E-state index in [0.29, 0.717) is 12.1 Å². The van der Waals surface area contributed by atoms with Crippen molar-refractivity contribution in [3.05, 3.63) is 0 Å². The third kappa shape index (κ3) is 8.97. The van der Waals surface area contributed by atoms with Crippen LogP contribution in [-0.2, 0) is 0 Å². The highest BCUT2D eigenvalue weighted by Crippen LogP contribution is 2.16. The number of unbranched alkanes of at least 4 members (excludes halogenated alkanes) is 1. The van der Waals surface area contributed by atoms with Gasteiger partial charge in [0.1, 0.15) is 0 Å². The highest BCUT2D eigenvalue weighted by Gasteiger charge is 2.13. The minimum Gasteiger partial charge on any atom is -0.338 e. The van der Waals surface area contributed by atoms with Crippen LogP contribution in [0.5, 0.6) is 0 Å². The third-order valence-corrected chi connectivity index (χ3v) is 4.55. The van der Waals surface area contributed by atoms with Gasteiger partial charge in [-0.05, 0) is 53.1 Å². The van der Waals surface area contributed by atoms with E-state index in [0.717, 1.165) is 38.8 Å². The van der Waals surface area contributed by atoms with Gasteiger partial charge >= 0.3 is 6.03 Å². The Balaban J connectivity index is 2.05. The SMILES string of the molecule is CC(C)N(C)CCCCNC(=O)NC1CCCCCCC1. The lowest BCUT2D eigenvalue weighted by atomic mass is 9.97. The van der Waals surface area contributed by atoms with Gasteiger partial charge in [0, 0.05) is 18.6 Å². The third-order valence-electron chi connectivity index (χ3n) is 4.55. The van der Waals surface area contributed by atoms with E-state index in [1.165, 1.54) is 32.1 Å². The highest BCUT2D eigenvalue weighted by molar-refractivity contribution is 5.74. The van der Waals surface area contributed by atoms with E-state index in [1.54, 1.807) is 0 Å². The number of urea groups is 1. The normalized spacial score (nSPS) is 17.6. The minimum absolute atomic E-state index is 0.0257. The summed E-state index contributed by atoms with van der Waals surface area (Å²) in [5, 5.41) is 6.14.